The first-order chi connectivity index (χ1) is 22.9. The molecule has 11 heteroatoms. The zero-order valence-electron chi connectivity index (χ0n) is 28.3. The molecule has 0 aromatic heterocycles. The summed E-state index contributed by atoms with van der Waals surface area (Å²) in [4.78, 5) is 44.9. The van der Waals surface area contributed by atoms with Crippen molar-refractivity contribution in [2.45, 2.75) is 88.1 Å². The highest BCUT2D eigenvalue weighted by Crippen LogP contribution is 2.57. The van der Waals surface area contributed by atoms with Gasteiger partial charge in [0.05, 0.1) is 52.9 Å². The van der Waals surface area contributed by atoms with Crippen LogP contribution < -0.4 is 16.0 Å². The molecule has 9 fully saturated rings. The van der Waals surface area contributed by atoms with Gasteiger partial charge in [0.15, 0.2) is 5.92 Å². The number of carbonyl (C=O) groups excluding carboxylic acids is 3. The Kier molecular flexibility index (Phi) is 10.7. The maximum Gasteiger partial charge on any atom is 0.244 e. The lowest BCUT2D eigenvalue weighted by molar-refractivity contribution is -0.152. The van der Waals surface area contributed by atoms with Gasteiger partial charge in [-0.15, -0.1) is 0 Å². The molecule has 47 heavy (non-hydrogen) atoms. The van der Waals surface area contributed by atoms with Gasteiger partial charge in [-0.25, -0.2) is 0 Å². The van der Waals surface area contributed by atoms with Crippen LogP contribution in [0.15, 0.2) is 0 Å². The molecular formula is C36H58N4O7. The van der Waals surface area contributed by atoms with Crippen LogP contribution in [0.25, 0.3) is 0 Å². The van der Waals surface area contributed by atoms with Crippen LogP contribution in [0.1, 0.15) is 77.0 Å². The molecule has 0 aromatic carbocycles. The summed E-state index contributed by atoms with van der Waals surface area (Å²) in [5, 5.41) is 10.1. The summed E-state index contributed by atoms with van der Waals surface area (Å²) in [7, 11) is 0. The molecular weight excluding hydrogens is 600 g/mol. The van der Waals surface area contributed by atoms with Crippen LogP contribution in [0.5, 0.6) is 0 Å². The van der Waals surface area contributed by atoms with Crippen molar-refractivity contribution < 1.29 is 33.3 Å². The Morgan fingerprint density at radius 3 is 1.23 bits per heavy atom. The van der Waals surface area contributed by atoms with Crippen molar-refractivity contribution in [2.75, 3.05) is 79.0 Å². The van der Waals surface area contributed by atoms with Crippen LogP contribution in [0.4, 0.5) is 0 Å². The van der Waals surface area contributed by atoms with Gasteiger partial charge in [0.2, 0.25) is 17.7 Å². The summed E-state index contributed by atoms with van der Waals surface area (Å²) in [6, 6.07) is 0. The second-order valence-corrected chi connectivity index (χ2v) is 16.3. The first-order valence-electron chi connectivity index (χ1n) is 18.8. The molecule has 1 heterocycles. The molecule has 0 spiro atoms. The van der Waals surface area contributed by atoms with E-state index in [1.807, 2.05) is 0 Å². The van der Waals surface area contributed by atoms with E-state index in [1.165, 1.54) is 38.5 Å². The zero-order valence-corrected chi connectivity index (χ0v) is 28.3. The number of carbonyl (C=O) groups is 3. The molecule has 0 aromatic rings. The molecule has 264 valence electrons. The molecule has 0 atom stereocenters. The van der Waals surface area contributed by atoms with Crippen LogP contribution in [0.3, 0.4) is 0 Å². The van der Waals surface area contributed by atoms with E-state index in [4.69, 9.17) is 18.9 Å². The standard InChI is InChI=1S/C36H58N4O7/c41-32(38-35-19-25-13-26(20-35)15-27(14-25)21-35)31(33(42)39-36-22-28-16-29(23-36)18-30(17-28)24-36)34(43)40-3-7-46-11-9-44-5-1-37-2-6-45-10-12-47-8-4-40/h25-31,37H,1-24H2,(H,38,41)(H,39,42). The fourth-order valence-corrected chi connectivity index (χ4v) is 11.5. The Morgan fingerprint density at radius 2 is 0.872 bits per heavy atom. The molecule has 1 aliphatic heterocycles. The van der Waals surface area contributed by atoms with Crippen molar-refractivity contribution in [3.8, 4) is 0 Å². The number of hydrogen-bond acceptors (Lipinski definition) is 8. The molecule has 1 saturated heterocycles. The van der Waals surface area contributed by atoms with E-state index in [1.54, 1.807) is 4.90 Å². The van der Waals surface area contributed by atoms with E-state index in [-0.39, 0.29) is 37.4 Å². The molecule has 11 nitrogen and oxygen atoms in total. The van der Waals surface area contributed by atoms with E-state index < -0.39 is 23.6 Å². The monoisotopic (exact) mass is 658 g/mol. The highest BCUT2D eigenvalue weighted by molar-refractivity contribution is 6.17. The van der Waals surface area contributed by atoms with Crippen LogP contribution >= 0.6 is 0 Å². The van der Waals surface area contributed by atoms with Gasteiger partial charge >= 0.3 is 0 Å². The van der Waals surface area contributed by atoms with Gasteiger partial charge < -0.3 is 39.8 Å². The minimum absolute atomic E-state index is 0.270. The van der Waals surface area contributed by atoms with E-state index in [2.05, 4.69) is 16.0 Å². The summed E-state index contributed by atoms with van der Waals surface area (Å²) in [6.45, 7) is 5.48. The minimum Gasteiger partial charge on any atom is -0.378 e. The predicted molar refractivity (Wildman–Crippen MR) is 174 cm³/mol. The summed E-state index contributed by atoms with van der Waals surface area (Å²) in [5.74, 6) is 1.12. The number of rotatable bonds is 5. The summed E-state index contributed by atoms with van der Waals surface area (Å²) < 4.78 is 23.0. The molecule has 9 aliphatic rings. The number of ether oxygens (including phenoxy) is 4. The smallest absolute Gasteiger partial charge is 0.244 e. The number of hydrogen-bond donors (Lipinski definition) is 3. The minimum atomic E-state index is -1.42. The second-order valence-electron chi connectivity index (χ2n) is 16.3. The molecule has 0 radical (unpaired) electrons. The Hall–Kier alpha value is -1.79. The maximum atomic E-state index is 14.5. The quantitative estimate of drug-likeness (QED) is 0.384. The maximum absolute atomic E-state index is 14.5. The van der Waals surface area contributed by atoms with Gasteiger partial charge in [0.25, 0.3) is 0 Å². The van der Waals surface area contributed by atoms with Crippen molar-refractivity contribution >= 4 is 17.7 Å². The average molecular weight is 659 g/mol. The molecule has 8 saturated carbocycles. The van der Waals surface area contributed by atoms with Crippen LogP contribution in [0, 0.1) is 41.4 Å². The van der Waals surface area contributed by atoms with Crippen molar-refractivity contribution in [3.63, 3.8) is 0 Å². The first kappa shape index (κ1) is 33.7. The third-order valence-electron chi connectivity index (χ3n) is 12.5. The highest BCUT2D eigenvalue weighted by atomic mass is 16.5. The van der Waals surface area contributed by atoms with Gasteiger partial charge in [-0.05, 0) is 113 Å². The van der Waals surface area contributed by atoms with Crippen molar-refractivity contribution in [1.29, 1.82) is 0 Å². The van der Waals surface area contributed by atoms with Crippen LogP contribution in [-0.2, 0) is 33.3 Å². The Bertz CT molecular complexity index is 970. The van der Waals surface area contributed by atoms with E-state index in [9.17, 15) is 14.4 Å². The van der Waals surface area contributed by atoms with Gasteiger partial charge in [0.1, 0.15) is 0 Å². The summed E-state index contributed by atoms with van der Waals surface area (Å²) in [5.41, 5.74) is -0.582. The lowest BCUT2D eigenvalue weighted by Crippen LogP contribution is -2.65. The molecule has 3 N–H and O–H groups in total. The molecule has 0 unspecified atom stereocenters. The Labute approximate surface area is 280 Å². The number of nitrogens with zero attached hydrogens (tertiary/aromatic N) is 1. The third kappa shape index (κ3) is 8.17. The van der Waals surface area contributed by atoms with Crippen molar-refractivity contribution in [1.82, 2.24) is 20.9 Å². The predicted octanol–water partition coefficient (Wildman–Crippen LogP) is 2.27. The van der Waals surface area contributed by atoms with Crippen molar-refractivity contribution in [3.05, 3.63) is 0 Å². The van der Waals surface area contributed by atoms with E-state index in [0.717, 1.165) is 51.6 Å². The molecule has 3 amide bonds. The van der Waals surface area contributed by atoms with Crippen LogP contribution in [0.2, 0.25) is 0 Å². The molecule has 9 rings (SSSR count). The van der Waals surface area contributed by atoms with Crippen molar-refractivity contribution in [2.24, 2.45) is 41.4 Å². The lowest BCUT2D eigenvalue weighted by Gasteiger charge is -2.57. The number of amides is 3. The van der Waals surface area contributed by atoms with E-state index >= 15 is 0 Å². The fraction of sp³-hybridized carbons (Fsp3) is 0.917. The first-order valence-corrected chi connectivity index (χ1v) is 18.8. The largest absolute Gasteiger partial charge is 0.378 e. The summed E-state index contributed by atoms with van der Waals surface area (Å²) >= 11 is 0. The highest BCUT2D eigenvalue weighted by Gasteiger charge is 2.55. The van der Waals surface area contributed by atoms with Crippen LogP contribution in [-0.4, -0.2) is 113 Å². The second kappa shape index (κ2) is 15.0. The summed E-state index contributed by atoms with van der Waals surface area (Å²) in [6.07, 6.45) is 13.3. The topological polar surface area (TPSA) is 127 Å². The number of nitrogens with one attached hydrogen (secondary N) is 3. The lowest BCUT2D eigenvalue weighted by atomic mass is 9.53. The van der Waals surface area contributed by atoms with Gasteiger partial charge in [-0.2, -0.15) is 0 Å². The van der Waals surface area contributed by atoms with Gasteiger partial charge in [-0.1, -0.05) is 0 Å². The average Bonchev–Trinajstić information content (AvgIpc) is 2.99. The van der Waals surface area contributed by atoms with Gasteiger partial charge in [-0.3, -0.25) is 14.4 Å². The fourth-order valence-electron chi connectivity index (χ4n) is 11.5. The third-order valence-corrected chi connectivity index (χ3v) is 12.5. The molecule has 8 aliphatic carbocycles. The molecule has 8 bridgehead atoms. The Balaban J connectivity index is 1.07. The van der Waals surface area contributed by atoms with E-state index in [0.29, 0.717) is 75.1 Å². The Morgan fingerprint density at radius 1 is 0.532 bits per heavy atom. The SMILES string of the molecule is O=C(NC12CC3CC(CC(C3)C1)C2)C(C(=O)NC12CC3CC(CC(C3)C1)C2)C(=O)N1CCOCCOCCNCCOCCOCC1. The normalized spacial score (nSPS) is 40.3. The van der Waals surface area contributed by atoms with Gasteiger partial charge in [0, 0.05) is 37.3 Å². The zero-order chi connectivity index (χ0) is 32.3.